The molecule has 2 aliphatic rings. The third-order valence-corrected chi connectivity index (χ3v) is 7.98. The Bertz CT molecular complexity index is 938. The minimum atomic E-state index is -0.299. The standard InChI is InChI=1S/C20H27ClN6O2S/c1-11-19(30-14-2-5-24-17(23)16(14)21)26-13(10-28)18(25-11)27-6-3-20(4-7-27)9-12(29)8-15(20)22/h2,5,12,15,28-29H,3-4,6-10,22H2,1H3,(H2,23,24)/t12-,15+/m0/s1. The number of aromatic nitrogens is 3. The molecule has 0 aromatic carbocycles. The first-order valence-electron chi connectivity index (χ1n) is 10.1. The normalized spacial score (nSPS) is 23.3. The molecule has 2 aromatic heterocycles. The molecular weight excluding hydrogens is 424 g/mol. The summed E-state index contributed by atoms with van der Waals surface area (Å²) in [5, 5.41) is 21.1. The number of hydrogen-bond acceptors (Lipinski definition) is 9. The van der Waals surface area contributed by atoms with Gasteiger partial charge in [0.25, 0.3) is 0 Å². The first kappa shape index (κ1) is 21.6. The molecular formula is C20H27ClN6O2S. The van der Waals surface area contributed by atoms with Crippen molar-refractivity contribution >= 4 is 35.0 Å². The van der Waals surface area contributed by atoms with Crippen molar-refractivity contribution in [1.82, 2.24) is 15.0 Å². The molecule has 0 amide bonds. The largest absolute Gasteiger partial charge is 0.393 e. The van der Waals surface area contributed by atoms with E-state index < -0.39 is 0 Å². The van der Waals surface area contributed by atoms with Gasteiger partial charge >= 0.3 is 0 Å². The average molecular weight is 451 g/mol. The Hall–Kier alpha value is -1.65. The van der Waals surface area contributed by atoms with Gasteiger partial charge in [0.15, 0.2) is 5.82 Å². The number of pyridine rings is 1. The van der Waals surface area contributed by atoms with E-state index in [0.29, 0.717) is 28.0 Å². The first-order valence-corrected chi connectivity index (χ1v) is 11.3. The Balaban J connectivity index is 1.55. The fourth-order valence-electron chi connectivity index (χ4n) is 4.59. The molecule has 1 saturated carbocycles. The van der Waals surface area contributed by atoms with Crippen LogP contribution in [-0.4, -0.2) is 50.4 Å². The minimum Gasteiger partial charge on any atom is -0.393 e. The number of aliphatic hydroxyl groups is 2. The molecule has 4 rings (SSSR count). The highest BCUT2D eigenvalue weighted by atomic mass is 35.5. The predicted octanol–water partition coefficient (Wildman–Crippen LogP) is 2.13. The van der Waals surface area contributed by atoms with Gasteiger partial charge in [-0.15, -0.1) is 0 Å². The second-order valence-electron chi connectivity index (χ2n) is 8.20. The number of aliphatic hydroxyl groups excluding tert-OH is 2. The summed E-state index contributed by atoms with van der Waals surface area (Å²) in [5.74, 6) is 0.977. The number of aryl methyl sites for hydroxylation is 1. The maximum absolute atomic E-state index is 10.0. The van der Waals surface area contributed by atoms with Crippen LogP contribution in [-0.2, 0) is 6.61 Å². The highest BCUT2D eigenvalue weighted by Crippen LogP contribution is 2.46. The fourth-order valence-corrected chi connectivity index (χ4v) is 5.70. The second kappa shape index (κ2) is 8.47. The summed E-state index contributed by atoms with van der Waals surface area (Å²) in [5.41, 5.74) is 13.4. The van der Waals surface area contributed by atoms with Crippen LogP contribution < -0.4 is 16.4 Å². The van der Waals surface area contributed by atoms with E-state index in [0.717, 1.165) is 42.9 Å². The van der Waals surface area contributed by atoms with Crippen molar-refractivity contribution in [2.75, 3.05) is 23.7 Å². The number of nitrogens with two attached hydrogens (primary N) is 2. The van der Waals surface area contributed by atoms with Crippen LogP contribution >= 0.6 is 23.4 Å². The molecule has 2 aromatic rings. The van der Waals surface area contributed by atoms with E-state index in [1.807, 2.05) is 6.92 Å². The van der Waals surface area contributed by atoms with E-state index in [1.165, 1.54) is 11.8 Å². The van der Waals surface area contributed by atoms with Crippen LogP contribution in [0.3, 0.4) is 0 Å². The van der Waals surface area contributed by atoms with Gasteiger partial charge in [0, 0.05) is 30.2 Å². The van der Waals surface area contributed by atoms with Crippen molar-refractivity contribution in [2.24, 2.45) is 11.1 Å². The van der Waals surface area contributed by atoms with Gasteiger partial charge in [-0.1, -0.05) is 23.4 Å². The molecule has 2 fully saturated rings. The molecule has 1 aliphatic heterocycles. The van der Waals surface area contributed by atoms with Crippen molar-refractivity contribution in [3.05, 3.63) is 28.7 Å². The van der Waals surface area contributed by atoms with Crippen LogP contribution in [0.4, 0.5) is 11.6 Å². The Morgan fingerprint density at radius 1 is 1.33 bits per heavy atom. The molecule has 1 saturated heterocycles. The molecule has 30 heavy (non-hydrogen) atoms. The van der Waals surface area contributed by atoms with Crippen molar-refractivity contribution in [3.63, 3.8) is 0 Å². The van der Waals surface area contributed by atoms with E-state index in [2.05, 4.69) is 14.9 Å². The quantitative estimate of drug-likeness (QED) is 0.552. The molecule has 2 atom stereocenters. The number of piperidine rings is 1. The predicted molar refractivity (Wildman–Crippen MR) is 118 cm³/mol. The maximum Gasteiger partial charge on any atom is 0.153 e. The number of halogens is 1. The third kappa shape index (κ3) is 3.97. The summed E-state index contributed by atoms with van der Waals surface area (Å²) in [6.07, 6.45) is 4.55. The molecule has 162 valence electrons. The maximum atomic E-state index is 10.0. The van der Waals surface area contributed by atoms with Gasteiger partial charge in [-0.05, 0) is 44.1 Å². The summed E-state index contributed by atoms with van der Waals surface area (Å²) in [6.45, 7) is 3.25. The average Bonchev–Trinajstić information content (AvgIpc) is 2.99. The summed E-state index contributed by atoms with van der Waals surface area (Å²) >= 11 is 7.62. The Morgan fingerprint density at radius 3 is 2.70 bits per heavy atom. The smallest absolute Gasteiger partial charge is 0.153 e. The van der Waals surface area contributed by atoms with Crippen LogP contribution in [0.1, 0.15) is 37.1 Å². The number of nitrogen functional groups attached to an aromatic ring is 1. The highest BCUT2D eigenvalue weighted by molar-refractivity contribution is 7.99. The van der Waals surface area contributed by atoms with E-state index >= 15 is 0 Å². The highest BCUT2D eigenvalue weighted by Gasteiger charge is 2.46. The van der Waals surface area contributed by atoms with Crippen molar-refractivity contribution in [3.8, 4) is 0 Å². The third-order valence-electron chi connectivity index (χ3n) is 6.33. The topological polar surface area (TPSA) is 134 Å². The van der Waals surface area contributed by atoms with Gasteiger partial charge in [0.05, 0.1) is 23.4 Å². The molecule has 8 nitrogen and oxygen atoms in total. The van der Waals surface area contributed by atoms with Crippen molar-refractivity contribution in [1.29, 1.82) is 0 Å². The van der Waals surface area contributed by atoms with E-state index in [-0.39, 0.29) is 30.0 Å². The lowest BCUT2D eigenvalue weighted by Gasteiger charge is -2.42. The zero-order chi connectivity index (χ0) is 21.5. The molecule has 1 aliphatic carbocycles. The monoisotopic (exact) mass is 450 g/mol. The summed E-state index contributed by atoms with van der Waals surface area (Å²) in [7, 11) is 0. The summed E-state index contributed by atoms with van der Waals surface area (Å²) in [6, 6.07) is 1.82. The van der Waals surface area contributed by atoms with Gasteiger partial charge in [-0.25, -0.2) is 15.0 Å². The van der Waals surface area contributed by atoms with Crippen LogP contribution in [0.25, 0.3) is 0 Å². The lowest BCUT2D eigenvalue weighted by molar-refractivity contribution is 0.141. The Labute approximate surface area is 185 Å². The van der Waals surface area contributed by atoms with Crippen molar-refractivity contribution in [2.45, 2.75) is 61.3 Å². The molecule has 10 heteroatoms. The second-order valence-corrected chi connectivity index (χ2v) is 9.61. The van der Waals surface area contributed by atoms with Gasteiger partial charge in [0.2, 0.25) is 0 Å². The van der Waals surface area contributed by atoms with Gasteiger partial charge in [0.1, 0.15) is 16.5 Å². The van der Waals surface area contributed by atoms with Crippen LogP contribution in [0.5, 0.6) is 0 Å². The first-order chi connectivity index (χ1) is 14.3. The Kier molecular flexibility index (Phi) is 6.09. The van der Waals surface area contributed by atoms with Crippen LogP contribution in [0.2, 0.25) is 5.02 Å². The zero-order valence-electron chi connectivity index (χ0n) is 16.9. The number of nitrogens with zero attached hydrogens (tertiary/aromatic N) is 4. The number of hydrogen-bond donors (Lipinski definition) is 4. The van der Waals surface area contributed by atoms with E-state index in [4.69, 9.17) is 28.1 Å². The van der Waals surface area contributed by atoms with Gasteiger partial charge < -0.3 is 26.6 Å². The lowest BCUT2D eigenvalue weighted by atomic mass is 9.74. The SMILES string of the molecule is Cc1nc(N2CCC3(CC2)C[C@@H](O)C[C@H]3N)c(CO)nc1Sc1ccnc(N)c1Cl. The van der Waals surface area contributed by atoms with E-state index in [9.17, 15) is 10.2 Å². The van der Waals surface area contributed by atoms with Gasteiger partial charge in [-0.2, -0.15) is 0 Å². The minimum absolute atomic E-state index is 0.00554. The summed E-state index contributed by atoms with van der Waals surface area (Å²) in [4.78, 5) is 16.3. The summed E-state index contributed by atoms with van der Waals surface area (Å²) < 4.78 is 0. The lowest BCUT2D eigenvalue weighted by Crippen LogP contribution is -2.47. The molecule has 1 spiro atoms. The number of anilines is 2. The zero-order valence-corrected chi connectivity index (χ0v) is 18.5. The van der Waals surface area contributed by atoms with E-state index in [1.54, 1.807) is 12.3 Å². The van der Waals surface area contributed by atoms with Crippen LogP contribution in [0, 0.1) is 12.3 Å². The van der Waals surface area contributed by atoms with Crippen LogP contribution in [0.15, 0.2) is 22.2 Å². The molecule has 0 radical (unpaired) electrons. The molecule has 3 heterocycles. The van der Waals surface area contributed by atoms with Crippen molar-refractivity contribution < 1.29 is 10.2 Å². The number of rotatable bonds is 4. The molecule has 6 N–H and O–H groups in total. The Morgan fingerprint density at radius 2 is 2.07 bits per heavy atom. The fraction of sp³-hybridized carbons (Fsp3) is 0.550. The molecule has 0 bridgehead atoms. The van der Waals surface area contributed by atoms with Gasteiger partial charge in [-0.3, -0.25) is 0 Å². The molecule has 0 unspecified atom stereocenters.